The Bertz CT molecular complexity index is 1150. The maximum atomic E-state index is 2.48. The van der Waals surface area contributed by atoms with Gasteiger partial charge in [-0.1, -0.05) is 0 Å². The molecule has 3 aromatic carbocycles. The molecule has 0 radical (unpaired) electrons. The van der Waals surface area contributed by atoms with Gasteiger partial charge in [0.05, 0.1) is 0 Å². The molecule has 0 amide bonds. The van der Waals surface area contributed by atoms with Crippen LogP contribution in [0.1, 0.15) is 70.3 Å². The third kappa shape index (κ3) is 6.48. The summed E-state index contributed by atoms with van der Waals surface area (Å²) in [5, 5.41) is 0. The van der Waals surface area contributed by atoms with Crippen molar-refractivity contribution >= 4 is 0 Å². The summed E-state index contributed by atoms with van der Waals surface area (Å²) in [5.41, 5.74) is 14.7. The maximum absolute atomic E-state index is 2.48. The second-order valence-corrected chi connectivity index (χ2v) is 11.7. The van der Waals surface area contributed by atoms with E-state index in [1.54, 1.807) is 0 Å². The number of allylic oxidation sites excluding steroid dienone is 4. The molecule has 0 atom stereocenters. The molecule has 0 spiro atoms. The molecule has 3 aromatic rings. The Kier molecular flexibility index (Phi) is 12.0. The standard InChI is InChI=1S/C33H37.3ClH.Ti/c1-21(2)31-10-9-11-32(31)33(28-15-22(3)12-23(4)16-28,29-17-24(5)13-25(6)18-29)30-19-26(7)14-27(8)20-30;;;;/h10,12-21H,9H2,1-8H3;3*1H;/q;;;;+3/p-3. The predicted octanol–water partition coefficient (Wildman–Crippen LogP) is -0.329. The number of benzene rings is 3. The van der Waals surface area contributed by atoms with Crippen molar-refractivity contribution in [1.29, 1.82) is 0 Å². The Hall–Kier alpha value is -1.28. The zero-order valence-electron chi connectivity index (χ0n) is 23.2. The summed E-state index contributed by atoms with van der Waals surface area (Å²) in [4.78, 5) is 0. The Balaban J connectivity index is 0.00000228. The number of hydrogen-bond acceptors (Lipinski definition) is 0. The summed E-state index contributed by atoms with van der Waals surface area (Å²) in [5.74, 6) is 0.467. The van der Waals surface area contributed by atoms with E-state index >= 15 is 0 Å². The summed E-state index contributed by atoms with van der Waals surface area (Å²) in [6.07, 6.45) is 3.52. The monoisotopic (exact) mass is 586 g/mol. The van der Waals surface area contributed by atoms with Crippen LogP contribution in [0.25, 0.3) is 0 Å². The molecule has 4 rings (SSSR count). The fourth-order valence-corrected chi connectivity index (χ4v) is 6.74. The van der Waals surface area contributed by atoms with Gasteiger partial charge in [-0.3, -0.25) is 0 Å². The normalized spacial score (nSPS) is 13.1. The first-order chi connectivity index (χ1) is 16.0. The molecule has 0 unspecified atom stereocenters. The van der Waals surface area contributed by atoms with Crippen molar-refractivity contribution in [3.63, 3.8) is 0 Å². The van der Waals surface area contributed by atoms with Crippen molar-refractivity contribution in [2.24, 2.45) is 5.92 Å². The third-order valence-electron chi connectivity index (χ3n) is 7.08. The van der Waals surface area contributed by atoms with Gasteiger partial charge >= 0.3 is 219 Å². The number of rotatable bonds is 5. The van der Waals surface area contributed by atoms with E-state index in [0.29, 0.717) is 5.92 Å². The van der Waals surface area contributed by atoms with Gasteiger partial charge in [0.25, 0.3) is 0 Å². The zero-order chi connectivity index (χ0) is 24.8. The molecule has 1 aliphatic carbocycles. The summed E-state index contributed by atoms with van der Waals surface area (Å²) in [7, 11) is 0. The van der Waals surface area contributed by atoms with Crippen LogP contribution in [-0.2, 0) is 25.9 Å². The minimum Gasteiger partial charge on any atom is -1.00 e. The zero-order valence-corrected chi connectivity index (χ0v) is 27.0. The second-order valence-electron chi connectivity index (χ2n) is 10.8. The Morgan fingerprint density at radius 2 is 0.865 bits per heavy atom. The van der Waals surface area contributed by atoms with Crippen LogP contribution in [-0.4, -0.2) is 0 Å². The van der Waals surface area contributed by atoms with E-state index in [1.807, 2.05) is 0 Å². The van der Waals surface area contributed by atoms with Gasteiger partial charge in [-0.05, 0) is 0 Å². The van der Waals surface area contributed by atoms with Crippen molar-refractivity contribution < 1.29 is 57.7 Å². The molecule has 194 valence electrons. The van der Waals surface area contributed by atoms with Crippen LogP contribution in [0.5, 0.6) is 0 Å². The van der Waals surface area contributed by atoms with Crippen LogP contribution in [0.4, 0.5) is 0 Å². The molecule has 0 aliphatic heterocycles. The van der Waals surface area contributed by atoms with E-state index in [0.717, 1.165) is 6.42 Å². The van der Waals surface area contributed by atoms with Gasteiger partial charge < -0.3 is 37.2 Å². The predicted molar refractivity (Wildman–Crippen MR) is 142 cm³/mol. The average molecular weight is 588 g/mol. The summed E-state index contributed by atoms with van der Waals surface area (Å²) >= 11 is 2.35. The first-order valence-corrected chi connectivity index (χ1v) is 13.2. The maximum Gasteiger partial charge on any atom is -1.00 e. The minimum absolute atomic E-state index is 0. The van der Waals surface area contributed by atoms with Gasteiger partial charge in [-0.25, -0.2) is 0 Å². The molecule has 0 nitrogen and oxygen atoms in total. The molecule has 4 heteroatoms. The first kappa shape index (κ1) is 33.8. The Labute approximate surface area is 255 Å². The van der Waals surface area contributed by atoms with E-state index in [4.69, 9.17) is 0 Å². The van der Waals surface area contributed by atoms with Gasteiger partial charge in [0.15, 0.2) is 0 Å². The molecular formula is C33H37Cl3Ti. The minimum atomic E-state index is -0.360. The molecule has 0 saturated carbocycles. The summed E-state index contributed by atoms with van der Waals surface area (Å²) in [6, 6.07) is 21.5. The second kappa shape index (κ2) is 13.2. The van der Waals surface area contributed by atoms with Crippen LogP contribution in [0.15, 0.2) is 75.7 Å². The Morgan fingerprint density at radius 3 is 1.14 bits per heavy atom. The van der Waals surface area contributed by atoms with Crippen molar-refractivity contribution in [2.45, 2.75) is 67.2 Å². The summed E-state index contributed by atoms with van der Waals surface area (Å²) in [6.45, 7) is 18.1. The van der Waals surface area contributed by atoms with Crippen molar-refractivity contribution in [3.05, 3.63) is 126 Å². The first-order valence-electron chi connectivity index (χ1n) is 12.4. The topological polar surface area (TPSA) is 0 Å². The SMILES string of the molecule is Cc1cc(C)cc(C(C2=[C]([Ti+3])CC=C2C(C)C)(c2cc(C)cc(C)c2)c2cc(C)cc(C)c2)c1.[Cl-].[Cl-].[Cl-]. The molecule has 0 aromatic heterocycles. The molecule has 0 saturated heterocycles. The molecule has 0 heterocycles. The summed E-state index contributed by atoms with van der Waals surface area (Å²) < 4.78 is 1.49. The van der Waals surface area contributed by atoms with E-state index in [-0.39, 0.29) is 42.6 Å². The molecular weight excluding hydrogens is 551 g/mol. The molecule has 37 heavy (non-hydrogen) atoms. The average Bonchev–Trinajstić information content (AvgIpc) is 3.09. The third-order valence-corrected chi connectivity index (χ3v) is 7.79. The molecule has 0 bridgehead atoms. The van der Waals surface area contributed by atoms with Crippen LogP contribution in [0.3, 0.4) is 0 Å². The van der Waals surface area contributed by atoms with Gasteiger partial charge in [-0.2, -0.15) is 0 Å². The van der Waals surface area contributed by atoms with Crippen molar-refractivity contribution in [3.8, 4) is 0 Å². The van der Waals surface area contributed by atoms with Gasteiger partial charge in [0.1, 0.15) is 0 Å². The molecule has 0 N–H and O–H groups in total. The quantitative estimate of drug-likeness (QED) is 0.284. The van der Waals surface area contributed by atoms with Crippen LogP contribution < -0.4 is 37.2 Å². The number of aryl methyl sites for hydroxylation is 6. The van der Waals surface area contributed by atoms with Crippen molar-refractivity contribution in [2.75, 3.05) is 0 Å². The van der Waals surface area contributed by atoms with Gasteiger partial charge in [0, 0.05) is 0 Å². The van der Waals surface area contributed by atoms with E-state index < -0.39 is 0 Å². The number of hydrogen-bond donors (Lipinski definition) is 0. The smallest absolute Gasteiger partial charge is 1.00 e. The molecule has 1 aliphatic rings. The fourth-order valence-electron chi connectivity index (χ4n) is 6.06. The van der Waals surface area contributed by atoms with Gasteiger partial charge in [-0.15, -0.1) is 0 Å². The van der Waals surface area contributed by atoms with E-state index in [1.165, 1.54) is 65.1 Å². The largest absolute Gasteiger partial charge is 1.00 e. The van der Waals surface area contributed by atoms with Crippen LogP contribution in [0, 0.1) is 47.5 Å². The number of halogens is 3. The molecule has 0 fully saturated rings. The van der Waals surface area contributed by atoms with Crippen molar-refractivity contribution in [1.82, 2.24) is 0 Å². The van der Waals surface area contributed by atoms with Gasteiger partial charge in [0.2, 0.25) is 0 Å². The Morgan fingerprint density at radius 1 is 0.568 bits per heavy atom. The van der Waals surface area contributed by atoms with Crippen LogP contribution in [0.2, 0.25) is 0 Å². The van der Waals surface area contributed by atoms with E-state index in [2.05, 4.69) is 136 Å². The van der Waals surface area contributed by atoms with Crippen LogP contribution >= 0.6 is 0 Å². The van der Waals surface area contributed by atoms with E-state index in [9.17, 15) is 0 Å². The fraction of sp³-hybridized carbons (Fsp3) is 0.333.